The van der Waals surface area contributed by atoms with Crippen molar-refractivity contribution >= 4 is 50.6 Å². The number of hydrogen-bond acceptors (Lipinski definition) is 8. The van der Waals surface area contributed by atoms with E-state index >= 15 is 0 Å². The number of nitro benzene ring substituents is 1. The Hall–Kier alpha value is -3.70. The molecule has 0 fully saturated rings. The van der Waals surface area contributed by atoms with Crippen LogP contribution in [0.4, 0.5) is 11.4 Å². The highest BCUT2D eigenvalue weighted by Gasteiger charge is 2.23. The zero-order valence-corrected chi connectivity index (χ0v) is 21.7. The van der Waals surface area contributed by atoms with Gasteiger partial charge >= 0.3 is 0 Å². The second-order valence-electron chi connectivity index (χ2n) is 8.46. The van der Waals surface area contributed by atoms with E-state index in [0.717, 1.165) is 43.0 Å². The molecule has 0 aliphatic heterocycles. The second kappa shape index (κ2) is 10.7. The number of benzene rings is 2. The van der Waals surface area contributed by atoms with Gasteiger partial charge in [0.05, 0.1) is 28.4 Å². The minimum Gasteiger partial charge on any atom is -0.494 e. The highest BCUT2D eigenvalue weighted by Crippen LogP contribution is 2.35. The summed E-state index contributed by atoms with van der Waals surface area (Å²) >= 11 is 2.67. The lowest BCUT2D eigenvalue weighted by Crippen LogP contribution is -2.23. The quantitative estimate of drug-likeness (QED) is 0.139. The van der Waals surface area contributed by atoms with Gasteiger partial charge in [0, 0.05) is 10.9 Å². The molecule has 4 aromatic rings. The van der Waals surface area contributed by atoms with Crippen molar-refractivity contribution in [1.82, 2.24) is 9.55 Å². The summed E-state index contributed by atoms with van der Waals surface area (Å²) in [5.41, 5.74) is 1.50. The van der Waals surface area contributed by atoms with Crippen LogP contribution in [0.5, 0.6) is 5.75 Å². The molecule has 37 heavy (non-hydrogen) atoms. The van der Waals surface area contributed by atoms with Crippen LogP contribution in [0.25, 0.3) is 15.9 Å². The first-order valence-electron chi connectivity index (χ1n) is 11.9. The summed E-state index contributed by atoms with van der Waals surface area (Å²) in [6.45, 7) is 2.43. The summed E-state index contributed by atoms with van der Waals surface area (Å²) in [5.74, 6) is 0.184. The van der Waals surface area contributed by atoms with Crippen molar-refractivity contribution < 1.29 is 14.5 Å². The van der Waals surface area contributed by atoms with Gasteiger partial charge in [-0.3, -0.25) is 24.3 Å². The van der Waals surface area contributed by atoms with E-state index < -0.39 is 10.8 Å². The number of nitro groups is 1. The molecule has 0 spiro atoms. The van der Waals surface area contributed by atoms with Crippen LogP contribution in [0.15, 0.2) is 58.5 Å². The Morgan fingerprint density at radius 3 is 2.70 bits per heavy atom. The molecular weight excluding hydrogens is 512 g/mol. The predicted octanol–water partition coefficient (Wildman–Crippen LogP) is 5.36. The molecule has 11 heteroatoms. The third-order valence-electron chi connectivity index (χ3n) is 6.07. The van der Waals surface area contributed by atoms with Gasteiger partial charge in [-0.05, 0) is 68.5 Å². The first kappa shape index (κ1) is 25.0. The molecule has 190 valence electrons. The van der Waals surface area contributed by atoms with Crippen molar-refractivity contribution in [3.8, 4) is 11.4 Å². The number of nitrogens with one attached hydrogen (secondary N) is 1. The van der Waals surface area contributed by atoms with Crippen molar-refractivity contribution in [1.29, 1.82) is 0 Å². The molecule has 2 aromatic carbocycles. The number of ether oxygens (including phenoxy) is 1. The molecule has 1 N–H and O–H groups in total. The number of hydrogen-bond donors (Lipinski definition) is 1. The van der Waals surface area contributed by atoms with Crippen LogP contribution in [-0.4, -0.2) is 32.7 Å². The Morgan fingerprint density at radius 2 is 1.95 bits per heavy atom. The third-order valence-corrected chi connectivity index (χ3v) is 8.20. The molecule has 1 aliphatic carbocycles. The summed E-state index contributed by atoms with van der Waals surface area (Å²) in [6.07, 6.45) is 3.95. The average molecular weight is 537 g/mol. The number of aryl methyl sites for hydroxylation is 2. The van der Waals surface area contributed by atoms with E-state index in [1.807, 2.05) is 6.92 Å². The van der Waals surface area contributed by atoms with Crippen molar-refractivity contribution in [3.05, 3.63) is 79.4 Å². The van der Waals surface area contributed by atoms with Gasteiger partial charge in [0.15, 0.2) is 5.16 Å². The minimum atomic E-state index is -0.541. The molecule has 2 aromatic heterocycles. The lowest BCUT2D eigenvalue weighted by atomic mass is 9.97. The maximum atomic E-state index is 13.9. The normalized spacial score (nSPS) is 12.8. The maximum Gasteiger partial charge on any atom is 0.292 e. The van der Waals surface area contributed by atoms with E-state index in [2.05, 4.69) is 5.32 Å². The molecule has 0 saturated heterocycles. The molecule has 1 amide bonds. The minimum absolute atomic E-state index is 0.0773. The first-order chi connectivity index (χ1) is 18.0. The number of anilines is 1. The molecule has 1 aliphatic rings. The largest absolute Gasteiger partial charge is 0.494 e. The third kappa shape index (κ3) is 5.09. The van der Waals surface area contributed by atoms with Crippen LogP contribution < -0.4 is 15.6 Å². The number of amides is 1. The Labute approximate surface area is 220 Å². The Morgan fingerprint density at radius 1 is 1.19 bits per heavy atom. The van der Waals surface area contributed by atoms with E-state index in [-0.39, 0.29) is 22.7 Å². The van der Waals surface area contributed by atoms with Crippen LogP contribution in [0.2, 0.25) is 0 Å². The lowest BCUT2D eigenvalue weighted by Gasteiger charge is -2.14. The SMILES string of the molecule is CCOc1ccc(-n2c(SCC(=O)Nc3ccccc3[N+](=O)[O-])nc3sc4c(c3c2=O)CCCC4)cc1. The number of nitrogens with zero attached hydrogens (tertiary/aromatic N) is 3. The topological polar surface area (TPSA) is 116 Å². The Kier molecular flexibility index (Phi) is 7.24. The standard InChI is InChI=1S/C26H24N4O5S2/c1-2-35-17-13-11-16(12-14-17)29-25(32)23-18-7-3-6-10-21(18)37-24(23)28-26(29)36-15-22(31)27-19-8-4-5-9-20(19)30(33)34/h4-5,8-9,11-14H,2-3,6-7,10,15H2,1H3,(H,27,31). The van der Waals surface area contributed by atoms with Gasteiger partial charge in [0.2, 0.25) is 5.91 Å². The fourth-order valence-corrected chi connectivity index (χ4v) is 6.54. The molecule has 5 rings (SSSR count). The van der Waals surface area contributed by atoms with Gasteiger partial charge in [0.25, 0.3) is 11.2 Å². The number of carbonyl (C=O) groups is 1. The maximum absolute atomic E-state index is 13.9. The Bertz CT molecular complexity index is 1550. The molecule has 0 radical (unpaired) electrons. The van der Waals surface area contributed by atoms with Gasteiger partial charge < -0.3 is 10.1 Å². The highest BCUT2D eigenvalue weighted by atomic mass is 32.2. The van der Waals surface area contributed by atoms with Crippen molar-refractivity contribution in [2.45, 2.75) is 37.8 Å². The number of thiophene rings is 1. The van der Waals surface area contributed by atoms with Crippen LogP contribution in [0.3, 0.4) is 0 Å². The van der Waals surface area contributed by atoms with E-state index in [1.165, 1.54) is 23.1 Å². The van der Waals surface area contributed by atoms with Gasteiger partial charge in [0.1, 0.15) is 16.3 Å². The molecule has 0 unspecified atom stereocenters. The molecular formula is C26H24N4O5S2. The van der Waals surface area contributed by atoms with Crippen LogP contribution >= 0.6 is 23.1 Å². The summed E-state index contributed by atoms with van der Waals surface area (Å²) in [6, 6.07) is 13.2. The summed E-state index contributed by atoms with van der Waals surface area (Å²) in [5, 5.41) is 14.9. The molecule has 0 atom stereocenters. The van der Waals surface area contributed by atoms with Crippen molar-refractivity contribution in [2.24, 2.45) is 0 Å². The number of fused-ring (bicyclic) bond motifs is 3. The predicted molar refractivity (Wildman–Crippen MR) is 145 cm³/mol. The number of aromatic nitrogens is 2. The summed E-state index contributed by atoms with van der Waals surface area (Å²) in [7, 11) is 0. The van der Waals surface area contributed by atoms with E-state index in [4.69, 9.17) is 9.72 Å². The van der Waals surface area contributed by atoms with E-state index in [0.29, 0.717) is 33.4 Å². The molecule has 2 heterocycles. The van der Waals surface area contributed by atoms with Gasteiger partial charge in [-0.15, -0.1) is 11.3 Å². The fourth-order valence-electron chi connectivity index (χ4n) is 4.42. The Balaban J connectivity index is 1.50. The van der Waals surface area contributed by atoms with Crippen LogP contribution in [0.1, 0.15) is 30.2 Å². The molecule has 0 saturated carbocycles. The second-order valence-corrected chi connectivity index (χ2v) is 10.5. The monoisotopic (exact) mass is 536 g/mol. The highest BCUT2D eigenvalue weighted by molar-refractivity contribution is 7.99. The van der Waals surface area contributed by atoms with Gasteiger partial charge in [-0.25, -0.2) is 4.98 Å². The number of rotatable bonds is 8. The number of thioether (sulfide) groups is 1. The zero-order valence-electron chi connectivity index (χ0n) is 20.1. The van der Waals surface area contributed by atoms with Gasteiger partial charge in [-0.2, -0.15) is 0 Å². The fraction of sp³-hybridized carbons (Fsp3) is 0.269. The van der Waals surface area contributed by atoms with E-state index in [1.54, 1.807) is 46.2 Å². The van der Waals surface area contributed by atoms with Crippen LogP contribution in [-0.2, 0) is 17.6 Å². The lowest BCUT2D eigenvalue weighted by molar-refractivity contribution is -0.383. The first-order valence-corrected chi connectivity index (χ1v) is 13.7. The van der Waals surface area contributed by atoms with Crippen molar-refractivity contribution in [3.63, 3.8) is 0 Å². The number of carbonyl (C=O) groups excluding carboxylic acids is 1. The van der Waals surface area contributed by atoms with Crippen LogP contribution in [0, 0.1) is 10.1 Å². The zero-order chi connectivity index (χ0) is 25.9. The van der Waals surface area contributed by atoms with Gasteiger partial charge in [-0.1, -0.05) is 23.9 Å². The molecule has 9 nitrogen and oxygen atoms in total. The van der Waals surface area contributed by atoms with E-state index in [9.17, 15) is 19.7 Å². The number of para-hydroxylation sites is 2. The average Bonchev–Trinajstić information content (AvgIpc) is 3.27. The summed E-state index contributed by atoms with van der Waals surface area (Å²) < 4.78 is 7.09. The van der Waals surface area contributed by atoms with Crippen molar-refractivity contribution in [2.75, 3.05) is 17.7 Å². The summed E-state index contributed by atoms with van der Waals surface area (Å²) in [4.78, 5) is 44.1. The molecule has 0 bridgehead atoms. The smallest absolute Gasteiger partial charge is 0.292 e.